The minimum atomic E-state index is -1.58. The Bertz CT molecular complexity index is 2330. The number of hydrogen-bond acceptors (Lipinski definition) is 12. The van der Waals surface area contributed by atoms with E-state index in [9.17, 15) is 43.5 Å². The van der Waals surface area contributed by atoms with Gasteiger partial charge in [-0.05, 0) is 108 Å². The minimum absolute atomic E-state index is 0.0153. The second kappa shape index (κ2) is 35.8. The summed E-state index contributed by atoms with van der Waals surface area (Å²) >= 11 is 0. The summed E-state index contributed by atoms with van der Waals surface area (Å²) in [6, 6.07) is -11.4. The first-order valence-corrected chi connectivity index (χ1v) is 31.2. The van der Waals surface area contributed by atoms with Crippen molar-refractivity contribution in [1.29, 1.82) is 0 Å². The number of amides is 10. The maximum Gasteiger partial charge on any atom is 0.246 e. The first-order chi connectivity index (χ1) is 39.7. The highest BCUT2D eigenvalue weighted by Crippen LogP contribution is 2.27. The molecule has 0 saturated carbocycles. The Morgan fingerprint density at radius 2 is 0.988 bits per heavy atom. The predicted octanol–water partition coefficient (Wildman–Crippen LogP) is 4.30. The van der Waals surface area contributed by atoms with Crippen LogP contribution in [-0.4, -0.2) is 227 Å². The first kappa shape index (κ1) is 78.1. The number of nitrogens with zero attached hydrogens (tertiary/aromatic N) is 7. The second-order valence-electron chi connectivity index (χ2n) is 26.7. The van der Waals surface area contributed by atoms with Gasteiger partial charge in [-0.25, -0.2) is 0 Å². The Balaban J connectivity index is 4.33. The highest BCUT2D eigenvalue weighted by Gasteiger charge is 2.45. The van der Waals surface area contributed by atoms with E-state index in [1.165, 1.54) is 49.8 Å². The molecule has 0 bridgehead atoms. The molecule has 0 aromatic heterocycles. The zero-order valence-corrected chi connectivity index (χ0v) is 57.0. The average molecular weight is 1210 g/mol. The summed E-state index contributed by atoms with van der Waals surface area (Å²) < 4.78 is 0. The van der Waals surface area contributed by atoms with Gasteiger partial charge in [0.25, 0.3) is 0 Å². The molecule has 1 fully saturated rings. The van der Waals surface area contributed by atoms with Gasteiger partial charge in [-0.1, -0.05) is 122 Å². The molecule has 0 aliphatic carbocycles. The Labute approximate surface area is 516 Å². The molecule has 492 valence electrons. The number of hydrogen-bond donors (Lipinski definition) is 5. The summed E-state index contributed by atoms with van der Waals surface area (Å²) in [6.07, 6.45) is 5.09. The maximum absolute atomic E-state index is 15.3. The topological polar surface area (TPSA) is 262 Å². The fourth-order valence-electron chi connectivity index (χ4n) is 11.2. The van der Waals surface area contributed by atoms with Crippen molar-refractivity contribution >= 4 is 59.1 Å². The van der Waals surface area contributed by atoms with E-state index in [4.69, 9.17) is 0 Å². The lowest BCUT2D eigenvalue weighted by Crippen LogP contribution is -2.63. The highest BCUT2D eigenvalue weighted by atomic mass is 16.3. The van der Waals surface area contributed by atoms with E-state index >= 15 is 9.59 Å². The third-order valence-corrected chi connectivity index (χ3v) is 16.8. The summed E-state index contributed by atoms with van der Waals surface area (Å²) in [7, 11) is 10.7. The van der Waals surface area contributed by atoms with Crippen molar-refractivity contribution in [2.24, 2.45) is 41.4 Å². The normalized spacial score (nSPS) is 27.7. The van der Waals surface area contributed by atoms with E-state index in [0.29, 0.717) is 12.8 Å². The van der Waals surface area contributed by atoms with Gasteiger partial charge in [-0.15, -0.1) is 0 Å². The van der Waals surface area contributed by atoms with Crippen LogP contribution >= 0.6 is 0 Å². The quantitative estimate of drug-likeness (QED) is 0.136. The average Bonchev–Trinajstić information content (AvgIpc) is 3.63. The van der Waals surface area contributed by atoms with Crippen LogP contribution in [0.5, 0.6) is 0 Å². The number of carbonyl (C=O) groups is 10. The van der Waals surface area contributed by atoms with E-state index in [1.807, 2.05) is 74.3 Å². The van der Waals surface area contributed by atoms with Gasteiger partial charge in [-0.3, -0.25) is 52.8 Å². The zero-order valence-electron chi connectivity index (χ0n) is 57.0. The fourth-order valence-corrected chi connectivity index (χ4v) is 11.2. The van der Waals surface area contributed by atoms with Gasteiger partial charge in [-0.2, -0.15) is 0 Å². The van der Waals surface area contributed by atoms with Crippen molar-refractivity contribution in [3.63, 3.8) is 0 Å². The van der Waals surface area contributed by atoms with Crippen LogP contribution in [0.15, 0.2) is 24.8 Å². The molecule has 10 amide bonds. The van der Waals surface area contributed by atoms with Crippen LogP contribution in [0.3, 0.4) is 0 Å². The molecule has 1 aliphatic heterocycles. The molecule has 0 aromatic carbocycles. The molecule has 1 saturated heterocycles. The number of allylic oxidation sites excluding steroid dienone is 3. The monoisotopic (exact) mass is 1210 g/mol. The van der Waals surface area contributed by atoms with E-state index in [1.54, 1.807) is 85.7 Å². The SMILES string of the molecule is C=C/C=C/C[C@@H](C)[C@@H](O)[C@H]1C(=O)N[C@@H](CC)C(=O)N(C)CC(=O)N(C)[C@@H](CC(C)C)C(=O)N[C@@H](C(C)C)C(=O)N(C)[C@@H](CC(C)C)C(=O)N[C@@H](C)C(=O)N[C@H](C)C(=O)N(C)[C@@H](CC(C)C)C(C)N(C)[C@@H](CC(C)C)C(=O)N(C)[C@@H](C(C)C)C(=O)N1C. The van der Waals surface area contributed by atoms with Gasteiger partial charge in [0.05, 0.1) is 18.7 Å². The summed E-state index contributed by atoms with van der Waals surface area (Å²) in [5, 5.41) is 23.4. The van der Waals surface area contributed by atoms with Gasteiger partial charge >= 0.3 is 0 Å². The van der Waals surface area contributed by atoms with E-state index in [0.717, 1.165) is 9.80 Å². The zero-order chi connectivity index (χ0) is 66.7. The third-order valence-electron chi connectivity index (χ3n) is 16.8. The molecule has 1 unspecified atom stereocenters. The molecule has 1 rings (SSSR count). The lowest BCUT2D eigenvalue weighted by atomic mass is 9.91. The van der Waals surface area contributed by atoms with Gasteiger partial charge in [0.15, 0.2) is 0 Å². The third kappa shape index (κ3) is 22.1. The molecule has 5 N–H and O–H groups in total. The van der Waals surface area contributed by atoms with Crippen LogP contribution in [-0.2, 0) is 47.9 Å². The highest BCUT2D eigenvalue weighted by molar-refractivity contribution is 5.98. The number of likely N-dealkylation sites (N-methyl/N-ethyl adjacent to an activating group) is 7. The smallest absolute Gasteiger partial charge is 0.246 e. The van der Waals surface area contributed by atoms with Gasteiger partial charge in [0.1, 0.15) is 48.3 Å². The van der Waals surface area contributed by atoms with E-state index in [-0.39, 0.29) is 49.4 Å². The van der Waals surface area contributed by atoms with Crippen LogP contribution in [0, 0.1) is 41.4 Å². The number of aliphatic hydroxyl groups is 1. The first-order valence-electron chi connectivity index (χ1n) is 31.2. The molecule has 22 nitrogen and oxygen atoms in total. The standard InChI is InChI=1S/C64H115N11O11/c1-26-28-29-30-42(15)55(77)54-59(81)67-46(27-2)61(83)69(19)35-51(76)71(21)48(32-37(5)6)58(80)68-52(40(11)12)63(85)73(23)49(33-38(7)8)57(79)65-43(16)56(78)66-44(17)60(82)72(22)47(31-36(3)4)45(18)70(20)50(34-39(9)10)62(84)74(24)53(41(13)14)64(86)75(54)25/h26,28-29,36-50,52-55,77H,1,27,30-35H2,2-25H3,(H,65,79)(H,66,78)(H,67,81)(H,68,80)/b29-28+/t42-,43+,44-,45?,46+,47+,48+,49+,50+,52+,53+,54+,55-/m1/s1. The summed E-state index contributed by atoms with van der Waals surface area (Å²) in [5.41, 5.74) is 0. The number of carbonyl (C=O) groups excluding carboxylic acids is 10. The van der Waals surface area contributed by atoms with Crippen molar-refractivity contribution in [1.82, 2.24) is 55.6 Å². The molecular formula is C64H115N11O11. The van der Waals surface area contributed by atoms with Crippen LogP contribution in [0.25, 0.3) is 0 Å². The Kier molecular flexibility index (Phi) is 32.5. The lowest BCUT2D eigenvalue weighted by molar-refractivity contribution is -0.155. The van der Waals surface area contributed by atoms with Crippen molar-refractivity contribution in [2.75, 3.05) is 55.9 Å². The molecule has 1 heterocycles. The van der Waals surface area contributed by atoms with Gasteiger partial charge < -0.3 is 55.8 Å². The molecule has 1 aliphatic rings. The van der Waals surface area contributed by atoms with Crippen molar-refractivity contribution < 1.29 is 53.1 Å². The molecule has 0 spiro atoms. The largest absolute Gasteiger partial charge is 0.390 e. The van der Waals surface area contributed by atoms with Gasteiger partial charge in [0.2, 0.25) is 59.1 Å². The summed E-state index contributed by atoms with van der Waals surface area (Å²) in [6.45, 7) is 34.1. The number of nitrogens with one attached hydrogen (secondary N) is 4. The second-order valence-corrected chi connectivity index (χ2v) is 26.7. The van der Waals surface area contributed by atoms with Gasteiger partial charge in [0, 0.05) is 54.4 Å². The molecule has 0 radical (unpaired) electrons. The fraction of sp³-hybridized carbons (Fsp3) is 0.781. The Morgan fingerprint density at radius 3 is 1.47 bits per heavy atom. The molecule has 22 heteroatoms. The van der Waals surface area contributed by atoms with Crippen molar-refractivity contribution in [3.8, 4) is 0 Å². The maximum atomic E-state index is 15.3. The molecule has 86 heavy (non-hydrogen) atoms. The number of aliphatic hydroxyl groups excluding tert-OH is 1. The van der Waals surface area contributed by atoms with Crippen LogP contribution in [0.1, 0.15) is 156 Å². The van der Waals surface area contributed by atoms with Crippen LogP contribution in [0.2, 0.25) is 0 Å². The molecular weight excluding hydrogens is 1100 g/mol. The predicted molar refractivity (Wildman–Crippen MR) is 337 cm³/mol. The number of rotatable bonds is 16. The van der Waals surface area contributed by atoms with Crippen LogP contribution in [0.4, 0.5) is 0 Å². The van der Waals surface area contributed by atoms with Crippen molar-refractivity contribution in [2.45, 2.75) is 229 Å². The summed E-state index contributed by atoms with van der Waals surface area (Å²) in [5.74, 6) is -7.93. The Morgan fingerprint density at radius 1 is 0.512 bits per heavy atom. The van der Waals surface area contributed by atoms with E-state index in [2.05, 4.69) is 27.8 Å². The van der Waals surface area contributed by atoms with Crippen LogP contribution < -0.4 is 21.3 Å². The molecule has 13 atom stereocenters. The van der Waals surface area contributed by atoms with Crippen molar-refractivity contribution in [3.05, 3.63) is 24.8 Å². The summed E-state index contributed by atoms with van der Waals surface area (Å²) in [4.78, 5) is 156. The molecule has 0 aromatic rings. The minimum Gasteiger partial charge on any atom is -0.390 e. The van der Waals surface area contributed by atoms with E-state index < -0.39 is 156 Å². The lowest BCUT2D eigenvalue weighted by Gasteiger charge is -2.44. The Hall–Kier alpha value is -5.90.